The predicted octanol–water partition coefficient (Wildman–Crippen LogP) is 3.99. The molecule has 7 nitrogen and oxygen atoms in total. The number of aromatic amines is 1. The molecule has 39 heavy (non-hydrogen) atoms. The van der Waals surface area contributed by atoms with Gasteiger partial charge in [-0.15, -0.1) is 0 Å². The van der Waals surface area contributed by atoms with Gasteiger partial charge in [-0.25, -0.2) is 0 Å². The number of hydrogen-bond acceptors (Lipinski definition) is 5. The van der Waals surface area contributed by atoms with Crippen molar-refractivity contribution in [2.75, 3.05) is 51.2 Å². The molecule has 1 saturated heterocycles. The third-order valence-electron chi connectivity index (χ3n) is 8.34. The lowest BCUT2D eigenvalue weighted by atomic mass is 9.92. The van der Waals surface area contributed by atoms with E-state index in [1.54, 1.807) is 0 Å². The highest BCUT2D eigenvalue weighted by atomic mass is 16.1. The highest BCUT2D eigenvalue weighted by Crippen LogP contribution is 2.32. The van der Waals surface area contributed by atoms with E-state index in [0.29, 0.717) is 17.2 Å². The number of carbonyl (C=O) groups is 1. The Kier molecular flexibility index (Phi) is 9.88. The Labute approximate surface area is 234 Å². The van der Waals surface area contributed by atoms with Crippen LogP contribution in [0.5, 0.6) is 0 Å². The number of likely N-dealkylation sites (N-methyl/N-ethyl adjacent to an activating group) is 1. The molecule has 1 aliphatic heterocycles. The molecular formula is C32H45N5O2. The van der Waals surface area contributed by atoms with E-state index < -0.39 is 0 Å². The minimum atomic E-state index is -0.171. The van der Waals surface area contributed by atoms with Crippen LogP contribution in [0.3, 0.4) is 0 Å². The lowest BCUT2D eigenvalue weighted by molar-refractivity contribution is 0.0950. The first kappa shape index (κ1) is 28.9. The average molecular weight is 532 g/mol. The number of rotatable bonds is 7. The molecule has 7 heteroatoms. The molecule has 2 aliphatic rings. The van der Waals surface area contributed by atoms with E-state index in [2.05, 4.69) is 56.9 Å². The second-order valence-corrected chi connectivity index (χ2v) is 11.3. The van der Waals surface area contributed by atoms with Crippen molar-refractivity contribution in [1.82, 2.24) is 20.1 Å². The van der Waals surface area contributed by atoms with Crippen LogP contribution in [0.15, 0.2) is 23.0 Å². The van der Waals surface area contributed by atoms with Crippen LogP contribution in [0, 0.1) is 32.6 Å². The van der Waals surface area contributed by atoms with Crippen molar-refractivity contribution >= 4 is 11.6 Å². The summed E-state index contributed by atoms with van der Waals surface area (Å²) in [7, 11) is 2.16. The Morgan fingerprint density at radius 1 is 1.08 bits per heavy atom. The Morgan fingerprint density at radius 2 is 1.79 bits per heavy atom. The van der Waals surface area contributed by atoms with E-state index in [4.69, 9.17) is 0 Å². The van der Waals surface area contributed by atoms with Crippen molar-refractivity contribution in [3.63, 3.8) is 0 Å². The van der Waals surface area contributed by atoms with E-state index in [-0.39, 0.29) is 18.0 Å². The van der Waals surface area contributed by atoms with Gasteiger partial charge in [0.15, 0.2) is 0 Å². The zero-order chi connectivity index (χ0) is 27.9. The zero-order valence-corrected chi connectivity index (χ0v) is 24.5. The normalized spacial score (nSPS) is 16.9. The number of anilines is 1. The van der Waals surface area contributed by atoms with Gasteiger partial charge in [-0.05, 0) is 76.9 Å². The van der Waals surface area contributed by atoms with Crippen molar-refractivity contribution in [1.29, 1.82) is 0 Å². The zero-order valence-electron chi connectivity index (χ0n) is 24.5. The van der Waals surface area contributed by atoms with Gasteiger partial charge in [0, 0.05) is 73.4 Å². The molecule has 2 aromatic rings. The Bertz CT molecular complexity index is 1270. The summed E-state index contributed by atoms with van der Waals surface area (Å²) in [6.07, 6.45) is 6.17. The molecule has 0 spiro atoms. The number of aromatic nitrogens is 1. The summed E-state index contributed by atoms with van der Waals surface area (Å²) in [5, 5.41) is 3.02. The quantitative estimate of drug-likeness (QED) is 0.529. The van der Waals surface area contributed by atoms with E-state index in [9.17, 15) is 9.59 Å². The number of benzene rings is 1. The highest BCUT2D eigenvalue weighted by molar-refractivity contribution is 5.97. The molecule has 2 heterocycles. The van der Waals surface area contributed by atoms with Gasteiger partial charge in [0.25, 0.3) is 11.5 Å². The minimum Gasteiger partial charge on any atom is -0.369 e. The smallest absolute Gasteiger partial charge is 0.253 e. The average Bonchev–Trinajstić information content (AvgIpc) is 2.91. The molecule has 2 fully saturated rings. The van der Waals surface area contributed by atoms with Crippen LogP contribution in [0.25, 0.3) is 0 Å². The highest BCUT2D eigenvalue weighted by Gasteiger charge is 2.24. The fourth-order valence-electron chi connectivity index (χ4n) is 5.95. The summed E-state index contributed by atoms with van der Waals surface area (Å²) < 4.78 is 0. The van der Waals surface area contributed by atoms with Crippen molar-refractivity contribution in [2.45, 2.75) is 72.4 Å². The lowest BCUT2D eigenvalue weighted by Crippen LogP contribution is -2.44. The van der Waals surface area contributed by atoms with Gasteiger partial charge < -0.3 is 20.1 Å². The topological polar surface area (TPSA) is 71.7 Å². The van der Waals surface area contributed by atoms with Gasteiger partial charge in [0.2, 0.25) is 0 Å². The first-order valence-electron chi connectivity index (χ1n) is 14.6. The number of amides is 1. The maximum atomic E-state index is 13.6. The van der Waals surface area contributed by atoms with E-state index in [0.717, 1.165) is 67.3 Å². The van der Waals surface area contributed by atoms with Gasteiger partial charge in [0.05, 0.1) is 6.54 Å². The lowest BCUT2D eigenvalue weighted by Gasteiger charge is -2.37. The number of piperazine rings is 1. The number of aryl methyl sites for hydroxylation is 2. The summed E-state index contributed by atoms with van der Waals surface area (Å²) in [6.45, 7) is 14.0. The van der Waals surface area contributed by atoms with Gasteiger partial charge in [-0.3, -0.25) is 14.5 Å². The number of pyridine rings is 1. The first-order valence-corrected chi connectivity index (χ1v) is 14.6. The molecule has 1 aliphatic carbocycles. The second-order valence-electron chi connectivity index (χ2n) is 11.3. The SMILES string of the molecule is CCN(c1cc(C#CCN2CCN(C)CC2)cc(C(=O)NCc2c(C)cc(C)[nH]c2=O)c1C)C1CCCCC1. The van der Waals surface area contributed by atoms with Crippen LogP contribution in [0.1, 0.15) is 77.3 Å². The number of nitrogens with one attached hydrogen (secondary N) is 2. The van der Waals surface area contributed by atoms with Crippen LogP contribution in [0.4, 0.5) is 5.69 Å². The fraction of sp³-hybridized carbons (Fsp3) is 0.562. The molecule has 210 valence electrons. The molecule has 0 radical (unpaired) electrons. The molecule has 0 unspecified atom stereocenters. The molecule has 1 aromatic carbocycles. The summed E-state index contributed by atoms with van der Waals surface area (Å²) in [5.74, 6) is 6.58. The third-order valence-corrected chi connectivity index (χ3v) is 8.34. The minimum absolute atomic E-state index is 0.150. The predicted molar refractivity (Wildman–Crippen MR) is 160 cm³/mol. The molecule has 4 rings (SSSR count). The molecule has 1 saturated carbocycles. The van der Waals surface area contributed by atoms with Crippen LogP contribution < -0.4 is 15.8 Å². The molecule has 0 bridgehead atoms. The van der Waals surface area contributed by atoms with Gasteiger partial charge >= 0.3 is 0 Å². The van der Waals surface area contributed by atoms with Gasteiger partial charge in [-0.1, -0.05) is 31.1 Å². The number of H-pyrrole nitrogens is 1. The van der Waals surface area contributed by atoms with Crippen LogP contribution >= 0.6 is 0 Å². The van der Waals surface area contributed by atoms with Crippen molar-refractivity contribution < 1.29 is 4.79 Å². The van der Waals surface area contributed by atoms with Crippen LogP contribution in [-0.2, 0) is 6.54 Å². The number of carbonyl (C=O) groups excluding carboxylic acids is 1. The first-order chi connectivity index (χ1) is 18.8. The van der Waals surface area contributed by atoms with E-state index in [1.807, 2.05) is 32.9 Å². The fourth-order valence-corrected chi connectivity index (χ4v) is 5.95. The molecule has 0 atom stereocenters. The van der Waals surface area contributed by atoms with Crippen molar-refractivity contribution in [3.05, 3.63) is 62.1 Å². The van der Waals surface area contributed by atoms with E-state index in [1.165, 1.54) is 32.1 Å². The summed E-state index contributed by atoms with van der Waals surface area (Å²) in [6, 6.07) is 6.52. The molecule has 1 aromatic heterocycles. The third kappa shape index (κ3) is 7.32. The maximum absolute atomic E-state index is 13.6. The summed E-state index contributed by atoms with van der Waals surface area (Å²) in [4.78, 5) is 36.1. The summed E-state index contributed by atoms with van der Waals surface area (Å²) >= 11 is 0. The summed E-state index contributed by atoms with van der Waals surface area (Å²) in [5.41, 5.74) is 5.71. The Balaban J connectivity index is 1.62. The molecular weight excluding hydrogens is 486 g/mol. The second kappa shape index (κ2) is 13.3. The Morgan fingerprint density at radius 3 is 2.46 bits per heavy atom. The largest absolute Gasteiger partial charge is 0.369 e. The number of nitrogens with zero attached hydrogens (tertiary/aromatic N) is 3. The van der Waals surface area contributed by atoms with Crippen LogP contribution in [0.2, 0.25) is 0 Å². The van der Waals surface area contributed by atoms with E-state index >= 15 is 0 Å². The van der Waals surface area contributed by atoms with Crippen molar-refractivity contribution in [2.24, 2.45) is 0 Å². The monoisotopic (exact) mass is 531 g/mol. The maximum Gasteiger partial charge on any atom is 0.253 e. The number of hydrogen-bond donors (Lipinski definition) is 2. The van der Waals surface area contributed by atoms with Crippen molar-refractivity contribution in [3.8, 4) is 11.8 Å². The molecule has 1 amide bonds. The van der Waals surface area contributed by atoms with Gasteiger partial charge in [-0.2, -0.15) is 0 Å². The van der Waals surface area contributed by atoms with Gasteiger partial charge in [0.1, 0.15) is 0 Å². The van der Waals surface area contributed by atoms with Crippen LogP contribution in [-0.4, -0.2) is 73.0 Å². The Hall–Kier alpha value is -3.08. The standard InChI is InChI=1S/C32H45N5O2/c1-6-37(27-12-8-7-9-13-27)30-21-26(11-10-14-36-17-15-35(5)16-18-36)20-28(25(30)4)31(38)33-22-29-23(2)19-24(3)34-32(29)39/h19-21,27H,6-9,12-18,22H2,1-5H3,(H,33,38)(H,34,39). The molecule has 2 N–H and O–H groups in total.